The summed E-state index contributed by atoms with van der Waals surface area (Å²) in [6.45, 7) is 1.63. The minimum absolute atomic E-state index is 0. The van der Waals surface area contributed by atoms with Gasteiger partial charge in [0.05, 0.1) is 26.3 Å². The van der Waals surface area contributed by atoms with Gasteiger partial charge in [-0.25, -0.2) is 4.98 Å². The van der Waals surface area contributed by atoms with Crippen molar-refractivity contribution < 1.29 is 14.3 Å². The smallest absolute Gasteiger partial charge is 0.228 e. The second-order valence-electron chi connectivity index (χ2n) is 6.33. The number of piperidine rings is 1. The van der Waals surface area contributed by atoms with Crippen LogP contribution in [0.5, 0.6) is 11.5 Å². The fraction of sp³-hybridized carbons (Fsp3) is 0.474. The van der Waals surface area contributed by atoms with Crippen molar-refractivity contribution in [3.8, 4) is 22.1 Å². The third-order valence-corrected chi connectivity index (χ3v) is 5.71. The van der Waals surface area contributed by atoms with Crippen LogP contribution >= 0.6 is 36.2 Å². The Balaban J connectivity index is 0.00000196. The number of benzene rings is 1. The first kappa shape index (κ1) is 24.5. The summed E-state index contributed by atoms with van der Waals surface area (Å²) in [5, 5.41) is 6.12. The predicted molar refractivity (Wildman–Crippen MR) is 118 cm³/mol. The lowest BCUT2D eigenvalue weighted by Gasteiger charge is -2.31. The van der Waals surface area contributed by atoms with Crippen molar-refractivity contribution in [3.63, 3.8) is 0 Å². The summed E-state index contributed by atoms with van der Waals surface area (Å²) in [5.41, 5.74) is 1.78. The van der Waals surface area contributed by atoms with Crippen molar-refractivity contribution in [2.24, 2.45) is 0 Å². The van der Waals surface area contributed by atoms with Crippen molar-refractivity contribution >= 4 is 42.1 Å². The van der Waals surface area contributed by atoms with E-state index in [1.807, 2.05) is 35.5 Å². The number of halogens is 2. The fourth-order valence-electron chi connectivity index (χ4n) is 3.17. The molecule has 1 aliphatic rings. The van der Waals surface area contributed by atoms with E-state index in [4.69, 9.17) is 9.47 Å². The number of nitrogens with one attached hydrogen (secondary N) is 1. The first-order chi connectivity index (χ1) is 12.6. The molecule has 9 heteroatoms. The van der Waals surface area contributed by atoms with E-state index in [2.05, 4.69) is 10.3 Å². The number of aromatic nitrogens is 1. The van der Waals surface area contributed by atoms with Gasteiger partial charge in [-0.15, -0.1) is 36.2 Å². The van der Waals surface area contributed by atoms with E-state index in [1.165, 1.54) is 11.3 Å². The zero-order valence-electron chi connectivity index (χ0n) is 16.3. The van der Waals surface area contributed by atoms with Crippen LogP contribution in [0, 0.1) is 0 Å². The van der Waals surface area contributed by atoms with E-state index in [0.29, 0.717) is 24.0 Å². The molecule has 1 aromatic heterocycles. The van der Waals surface area contributed by atoms with Gasteiger partial charge in [-0.1, -0.05) is 0 Å². The Morgan fingerprint density at radius 1 is 1.21 bits per heavy atom. The SMILES string of the molecule is CNC1CCN(C(=O)Cc2csc(-c3ccc(OC)c(OC)c3)n2)CC1.Cl.Cl. The van der Waals surface area contributed by atoms with Crippen molar-refractivity contribution in [2.75, 3.05) is 34.4 Å². The highest BCUT2D eigenvalue weighted by Crippen LogP contribution is 2.33. The van der Waals surface area contributed by atoms with Gasteiger partial charge in [0, 0.05) is 30.1 Å². The second-order valence-corrected chi connectivity index (χ2v) is 7.19. The van der Waals surface area contributed by atoms with Crippen molar-refractivity contribution in [1.82, 2.24) is 15.2 Å². The van der Waals surface area contributed by atoms with Crippen molar-refractivity contribution in [1.29, 1.82) is 0 Å². The molecule has 0 saturated carbocycles. The number of carbonyl (C=O) groups excluding carboxylic acids is 1. The number of rotatable bonds is 6. The number of hydrogen-bond donors (Lipinski definition) is 1. The third kappa shape index (κ3) is 5.73. The number of ether oxygens (including phenoxy) is 2. The Hall–Kier alpha value is -1.54. The molecule has 1 N–H and O–H groups in total. The van der Waals surface area contributed by atoms with Crippen molar-refractivity contribution in [2.45, 2.75) is 25.3 Å². The Morgan fingerprint density at radius 2 is 1.89 bits per heavy atom. The Labute approximate surface area is 182 Å². The van der Waals surface area contributed by atoms with Crippen LogP contribution in [0.2, 0.25) is 0 Å². The van der Waals surface area contributed by atoms with Gasteiger partial charge in [0.15, 0.2) is 11.5 Å². The molecule has 6 nitrogen and oxygen atoms in total. The summed E-state index contributed by atoms with van der Waals surface area (Å²) >= 11 is 1.54. The number of hydrogen-bond acceptors (Lipinski definition) is 6. The van der Waals surface area contributed by atoms with E-state index in [0.717, 1.165) is 42.2 Å². The largest absolute Gasteiger partial charge is 0.493 e. The van der Waals surface area contributed by atoms with E-state index >= 15 is 0 Å². The van der Waals surface area contributed by atoms with Gasteiger partial charge in [-0.05, 0) is 38.1 Å². The maximum absolute atomic E-state index is 12.5. The van der Waals surface area contributed by atoms with Crippen LogP contribution in [-0.4, -0.2) is 56.2 Å². The summed E-state index contributed by atoms with van der Waals surface area (Å²) < 4.78 is 10.6. The highest BCUT2D eigenvalue weighted by Gasteiger charge is 2.22. The summed E-state index contributed by atoms with van der Waals surface area (Å²) in [4.78, 5) is 19.1. The summed E-state index contributed by atoms with van der Waals surface area (Å²) in [7, 11) is 5.21. The zero-order valence-corrected chi connectivity index (χ0v) is 18.7. The molecule has 2 aromatic rings. The Kier molecular flexibility index (Phi) is 10.0. The number of methoxy groups -OCH3 is 2. The Morgan fingerprint density at radius 3 is 2.50 bits per heavy atom. The first-order valence-corrected chi connectivity index (χ1v) is 9.64. The highest BCUT2D eigenvalue weighted by atomic mass is 35.5. The van der Waals surface area contributed by atoms with Gasteiger partial charge in [0.2, 0.25) is 5.91 Å². The van der Waals surface area contributed by atoms with Crippen LogP contribution in [0.25, 0.3) is 10.6 Å². The standard InChI is InChI=1S/C19H25N3O3S.2ClH/c1-20-14-6-8-22(9-7-14)18(23)11-15-12-26-19(21-15)13-4-5-16(24-2)17(10-13)25-3;;/h4-5,10,12,14,20H,6-9,11H2,1-3H3;2*1H. The number of nitrogens with zero attached hydrogens (tertiary/aromatic N) is 2. The molecule has 1 saturated heterocycles. The summed E-state index contributed by atoms with van der Waals surface area (Å²) in [6, 6.07) is 6.25. The molecule has 156 valence electrons. The molecular weight excluding hydrogens is 421 g/mol. The molecule has 28 heavy (non-hydrogen) atoms. The molecule has 1 amide bonds. The highest BCUT2D eigenvalue weighted by molar-refractivity contribution is 7.13. The molecule has 1 aromatic carbocycles. The molecule has 1 aliphatic heterocycles. The zero-order chi connectivity index (χ0) is 18.5. The van der Waals surface area contributed by atoms with Gasteiger partial charge in [-0.2, -0.15) is 0 Å². The lowest BCUT2D eigenvalue weighted by Crippen LogP contribution is -2.44. The average Bonchev–Trinajstić information content (AvgIpc) is 3.15. The number of carbonyl (C=O) groups is 1. The molecule has 0 atom stereocenters. The van der Waals surface area contributed by atoms with Crippen LogP contribution in [0.15, 0.2) is 23.6 Å². The second kappa shape index (κ2) is 11.5. The molecule has 2 heterocycles. The predicted octanol–water partition coefficient (Wildman–Crippen LogP) is 3.42. The maximum Gasteiger partial charge on any atom is 0.228 e. The molecule has 1 fully saturated rings. The van der Waals surface area contributed by atoms with E-state index in [1.54, 1.807) is 14.2 Å². The topological polar surface area (TPSA) is 63.7 Å². The van der Waals surface area contributed by atoms with E-state index in [-0.39, 0.29) is 30.7 Å². The van der Waals surface area contributed by atoms with Gasteiger partial charge < -0.3 is 19.7 Å². The lowest BCUT2D eigenvalue weighted by atomic mass is 10.0. The van der Waals surface area contributed by atoms with Gasteiger partial charge >= 0.3 is 0 Å². The molecule has 3 rings (SSSR count). The number of likely N-dealkylation sites (tertiary alicyclic amines) is 1. The summed E-state index contributed by atoms with van der Waals surface area (Å²) in [5.74, 6) is 1.52. The van der Waals surface area contributed by atoms with Gasteiger partial charge in [0.1, 0.15) is 5.01 Å². The minimum atomic E-state index is 0. The number of amides is 1. The van der Waals surface area contributed by atoms with Gasteiger partial charge in [0.25, 0.3) is 0 Å². The Bertz CT molecular complexity index is 765. The summed E-state index contributed by atoms with van der Waals surface area (Å²) in [6.07, 6.45) is 2.38. The fourth-order valence-corrected chi connectivity index (χ4v) is 3.99. The minimum Gasteiger partial charge on any atom is -0.493 e. The maximum atomic E-state index is 12.5. The van der Waals surface area contributed by atoms with Crippen LogP contribution in [-0.2, 0) is 11.2 Å². The molecule has 0 unspecified atom stereocenters. The number of thiazole rings is 1. The van der Waals surface area contributed by atoms with Crippen LogP contribution in [0.4, 0.5) is 0 Å². The monoisotopic (exact) mass is 447 g/mol. The van der Waals surface area contributed by atoms with E-state index in [9.17, 15) is 4.79 Å². The van der Waals surface area contributed by atoms with Gasteiger partial charge in [-0.3, -0.25) is 4.79 Å². The van der Waals surface area contributed by atoms with Crippen LogP contribution in [0.3, 0.4) is 0 Å². The quantitative estimate of drug-likeness (QED) is 0.734. The van der Waals surface area contributed by atoms with E-state index < -0.39 is 0 Å². The normalized spacial score (nSPS) is 14.0. The van der Waals surface area contributed by atoms with Crippen LogP contribution in [0.1, 0.15) is 18.5 Å². The van der Waals surface area contributed by atoms with Crippen LogP contribution < -0.4 is 14.8 Å². The molecular formula is C19H27Cl2N3O3S. The van der Waals surface area contributed by atoms with Crippen molar-refractivity contribution in [3.05, 3.63) is 29.3 Å². The third-order valence-electron chi connectivity index (χ3n) is 4.77. The first-order valence-electron chi connectivity index (χ1n) is 8.76. The molecule has 0 radical (unpaired) electrons. The average molecular weight is 448 g/mol. The molecule has 0 bridgehead atoms. The molecule has 0 spiro atoms. The lowest BCUT2D eigenvalue weighted by molar-refractivity contribution is -0.131. The molecule has 0 aliphatic carbocycles.